The van der Waals surface area contributed by atoms with Crippen molar-refractivity contribution < 1.29 is 4.79 Å². The fraction of sp³-hybridized carbons (Fsp3) is 0.833. The molecule has 1 aliphatic rings. The van der Waals surface area contributed by atoms with Crippen LogP contribution in [0.1, 0.15) is 32.6 Å². The maximum atomic E-state index is 12.0. The quantitative estimate of drug-likeness (QED) is 0.777. The fourth-order valence-corrected chi connectivity index (χ4v) is 2.32. The van der Waals surface area contributed by atoms with Crippen LogP contribution in [0.15, 0.2) is 0 Å². The highest BCUT2D eigenvalue weighted by atomic mass is 16.2. The van der Waals surface area contributed by atoms with E-state index in [4.69, 9.17) is 5.26 Å². The van der Waals surface area contributed by atoms with Crippen molar-refractivity contribution in [1.29, 1.82) is 5.26 Å². The zero-order valence-corrected chi connectivity index (χ0v) is 10.4. The van der Waals surface area contributed by atoms with Crippen LogP contribution in [0.25, 0.3) is 0 Å². The van der Waals surface area contributed by atoms with E-state index in [2.05, 4.69) is 11.4 Å². The van der Waals surface area contributed by atoms with Crippen molar-refractivity contribution in [3.63, 3.8) is 0 Å². The van der Waals surface area contributed by atoms with Gasteiger partial charge in [0.25, 0.3) is 0 Å². The maximum Gasteiger partial charge on any atom is 0.240 e. The third kappa shape index (κ3) is 2.96. The van der Waals surface area contributed by atoms with Crippen LogP contribution in [0.5, 0.6) is 0 Å². The van der Waals surface area contributed by atoms with Crippen LogP contribution in [0, 0.1) is 16.7 Å². The Morgan fingerprint density at radius 1 is 1.50 bits per heavy atom. The van der Waals surface area contributed by atoms with Gasteiger partial charge in [-0.1, -0.05) is 12.8 Å². The Hall–Kier alpha value is -1.08. The van der Waals surface area contributed by atoms with E-state index in [0.29, 0.717) is 12.8 Å². The van der Waals surface area contributed by atoms with Crippen LogP contribution in [0.2, 0.25) is 0 Å². The molecule has 4 nitrogen and oxygen atoms in total. The first-order valence-corrected chi connectivity index (χ1v) is 5.87. The largest absolute Gasteiger partial charge is 0.351 e. The minimum Gasteiger partial charge on any atom is -0.351 e. The highest BCUT2D eigenvalue weighted by molar-refractivity contribution is 5.85. The molecule has 0 aromatic heterocycles. The monoisotopic (exact) mass is 223 g/mol. The average molecular weight is 223 g/mol. The van der Waals surface area contributed by atoms with Crippen LogP contribution >= 0.6 is 0 Å². The summed E-state index contributed by atoms with van der Waals surface area (Å²) in [6, 6.07) is 2.30. The summed E-state index contributed by atoms with van der Waals surface area (Å²) in [5.74, 6) is -0.0816. The molecule has 0 radical (unpaired) electrons. The van der Waals surface area contributed by atoms with Gasteiger partial charge in [-0.3, -0.25) is 4.79 Å². The van der Waals surface area contributed by atoms with Crippen molar-refractivity contribution in [3.05, 3.63) is 0 Å². The normalized spacial score (nSPS) is 20.4. The summed E-state index contributed by atoms with van der Waals surface area (Å²) < 4.78 is 0. The van der Waals surface area contributed by atoms with Gasteiger partial charge in [-0.05, 0) is 33.9 Å². The van der Waals surface area contributed by atoms with Gasteiger partial charge < -0.3 is 10.2 Å². The Morgan fingerprint density at radius 2 is 2.06 bits per heavy atom. The van der Waals surface area contributed by atoms with Gasteiger partial charge in [0.15, 0.2) is 0 Å². The molecule has 1 atom stereocenters. The van der Waals surface area contributed by atoms with Crippen molar-refractivity contribution in [2.75, 3.05) is 20.6 Å². The first-order chi connectivity index (χ1) is 7.50. The van der Waals surface area contributed by atoms with E-state index in [1.807, 2.05) is 25.9 Å². The molecule has 0 aliphatic heterocycles. The van der Waals surface area contributed by atoms with Crippen LogP contribution in [-0.4, -0.2) is 37.5 Å². The van der Waals surface area contributed by atoms with Gasteiger partial charge in [0.05, 0.1) is 6.07 Å². The molecule has 0 heterocycles. The SMILES string of the molecule is CC(CN(C)C)NC(=O)C1(C#N)CCCC1. The first kappa shape index (κ1) is 13.0. The van der Waals surface area contributed by atoms with Crippen LogP contribution in [-0.2, 0) is 4.79 Å². The lowest BCUT2D eigenvalue weighted by Crippen LogP contribution is -2.46. The predicted octanol–water partition coefficient (Wildman–Crippen LogP) is 1.14. The molecule has 1 N–H and O–H groups in total. The summed E-state index contributed by atoms with van der Waals surface area (Å²) in [4.78, 5) is 14.1. The van der Waals surface area contributed by atoms with E-state index in [-0.39, 0.29) is 11.9 Å². The van der Waals surface area contributed by atoms with Gasteiger partial charge in [0, 0.05) is 12.6 Å². The number of nitrogens with one attached hydrogen (secondary N) is 1. The molecule has 1 rings (SSSR count). The van der Waals surface area contributed by atoms with Crippen molar-refractivity contribution in [3.8, 4) is 6.07 Å². The zero-order valence-electron chi connectivity index (χ0n) is 10.4. The van der Waals surface area contributed by atoms with Gasteiger partial charge in [-0.2, -0.15) is 5.26 Å². The Balaban J connectivity index is 2.54. The summed E-state index contributed by atoms with van der Waals surface area (Å²) in [5.41, 5.74) is -0.749. The van der Waals surface area contributed by atoms with Crippen LogP contribution in [0.3, 0.4) is 0 Å². The standard InChI is InChI=1S/C12H21N3O/c1-10(8-15(2)3)14-11(16)12(9-13)6-4-5-7-12/h10H,4-8H2,1-3H3,(H,14,16). The molecule has 90 valence electrons. The molecular weight excluding hydrogens is 202 g/mol. The predicted molar refractivity (Wildman–Crippen MR) is 62.7 cm³/mol. The second kappa shape index (κ2) is 5.31. The Kier molecular flexibility index (Phi) is 4.31. The van der Waals surface area contributed by atoms with Crippen molar-refractivity contribution in [2.24, 2.45) is 5.41 Å². The minimum atomic E-state index is -0.749. The average Bonchev–Trinajstić information content (AvgIpc) is 2.65. The number of hydrogen-bond donors (Lipinski definition) is 1. The summed E-state index contributed by atoms with van der Waals surface area (Å²) >= 11 is 0. The Labute approximate surface area is 97.6 Å². The van der Waals surface area contributed by atoms with Crippen molar-refractivity contribution >= 4 is 5.91 Å². The topological polar surface area (TPSA) is 56.1 Å². The Morgan fingerprint density at radius 3 is 2.50 bits per heavy atom. The molecule has 0 spiro atoms. The molecule has 1 unspecified atom stereocenters. The molecule has 1 amide bonds. The summed E-state index contributed by atoms with van der Waals surface area (Å²) in [6.07, 6.45) is 3.40. The number of likely N-dealkylation sites (N-methyl/N-ethyl adjacent to an activating group) is 1. The van der Waals surface area contributed by atoms with E-state index in [1.165, 1.54) is 0 Å². The lowest BCUT2D eigenvalue weighted by molar-refractivity contribution is -0.128. The number of nitriles is 1. The van der Waals surface area contributed by atoms with Crippen molar-refractivity contribution in [2.45, 2.75) is 38.6 Å². The molecule has 1 fully saturated rings. The van der Waals surface area contributed by atoms with Gasteiger partial charge in [-0.15, -0.1) is 0 Å². The minimum absolute atomic E-state index is 0.0816. The summed E-state index contributed by atoms with van der Waals surface area (Å²) in [5, 5.41) is 12.1. The number of amides is 1. The van der Waals surface area contributed by atoms with Gasteiger partial charge in [-0.25, -0.2) is 0 Å². The second-order valence-electron chi connectivity index (χ2n) is 5.04. The molecule has 0 saturated heterocycles. The van der Waals surface area contributed by atoms with E-state index in [0.717, 1.165) is 19.4 Å². The number of carbonyl (C=O) groups is 1. The van der Waals surface area contributed by atoms with E-state index < -0.39 is 5.41 Å². The van der Waals surface area contributed by atoms with Crippen molar-refractivity contribution in [1.82, 2.24) is 10.2 Å². The van der Waals surface area contributed by atoms with Crippen LogP contribution in [0.4, 0.5) is 0 Å². The van der Waals surface area contributed by atoms with Gasteiger partial charge in [0.1, 0.15) is 5.41 Å². The third-order valence-electron chi connectivity index (χ3n) is 3.12. The molecule has 1 aliphatic carbocycles. The highest BCUT2D eigenvalue weighted by Gasteiger charge is 2.41. The smallest absolute Gasteiger partial charge is 0.240 e. The number of rotatable bonds is 4. The van der Waals surface area contributed by atoms with Gasteiger partial charge in [0.2, 0.25) is 5.91 Å². The molecule has 4 heteroatoms. The Bertz CT molecular complexity index is 287. The number of hydrogen-bond acceptors (Lipinski definition) is 3. The van der Waals surface area contributed by atoms with E-state index in [1.54, 1.807) is 0 Å². The maximum absolute atomic E-state index is 12.0. The zero-order chi connectivity index (χ0) is 12.2. The van der Waals surface area contributed by atoms with Crippen LogP contribution < -0.4 is 5.32 Å². The molecule has 1 saturated carbocycles. The molecular formula is C12H21N3O. The van der Waals surface area contributed by atoms with Gasteiger partial charge >= 0.3 is 0 Å². The first-order valence-electron chi connectivity index (χ1n) is 5.87. The second-order valence-corrected chi connectivity index (χ2v) is 5.04. The summed E-state index contributed by atoms with van der Waals surface area (Å²) in [7, 11) is 3.94. The lowest BCUT2D eigenvalue weighted by Gasteiger charge is -2.24. The molecule has 0 bridgehead atoms. The third-order valence-corrected chi connectivity index (χ3v) is 3.12. The fourth-order valence-electron chi connectivity index (χ4n) is 2.32. The number of nitrogens with zero attached hydrogens (tertiary/aromatic N) is 2. The number of carbonyl (C=O) groups excluding carboxylic acids is 1. The molecule has 0 aromatic rings. The molecule has 16 heavy (non-hydrogen) atoms. The summed E-state index contributed by atoms with van der Waals surface area (Å²) in [6.45, 7) is 2.77. The highest BCUT2D eigenvalue weighted by Crippen LogP contribution is 2.37. The van der Waals surface area contributed by atoms with E-state index >= 15 is 0 Å². The molecule has 0 aromatic carbocycles. The lowest BCUT2D eigenvalue weighted by atomic mass is 9.87. The van der Waals surface area contributed by atoms with E-state index in [9.17, 15) is 4.79 Å².